The Morgan fingerprint density at radius 2 is 2.50 bits per heavy atom. The van der Waals surface area contributed by atoms with E-state index in [1.165, 1.54) is 6.19 Å². The Hall–Kier alpha value is -1.00. The lowest BCUT2D eigenvalue weighted by Crippen LogP contribution is -2.12. The Morgan fingerprint density at radius 1 is 2.00 bits per heavy atom. The molecular formula is CH2N4O2S. The Bertz CT molecular complexity index is 167. The maximum atomic E-state index is 9.54. The van der Waals surface area contributed by atoms with Crippen molar-refractivity contribution >= 4 is 11.1 Å². The number of nitrogens with two attached hydrogens (primary N) is 1. The van der Waals surface area contributed by atoms with Crippen LogP contribution >= 0.6 is 0 Å². The Morgan fingerprint density at radius 3 is 2.62 bits per heavy atom. The van der Waals surface area contributed by atoms with Gasteiger partial charge in [0.05, 0.1) is 0 Å². The predicted molar refractivity (Wildman–Crippen MR) is 26.6 cm³/mol. The third-order valence-electron chi connectivity index (χ3n) is 0.287. The van der Waals surface area contributed by atoms with Crippen LogP contribution in [0.4, 0.5) is 0 Å². The molecule has 44 valence electrons. The van der Waals surface area contributed by atoms with Gasteiger partial charge in [-0.15, -0.1) is 0 Å². The summed E-state index contributed by atoms with van der Waals surface area (Å²) in [6, 6.07) is 0. The highest BCUT2D eigenvalue weighted by molar-refractivity contribution is 7.78. The summed E-state index contributed by atoms with van der Waals surface area (Å²) in [5, 5.41) is 21.9. The molecule has 0 spiro atoms. The van der Waals surface area contributed by atoms with Gasteiger partial charge in [0.2, 0.25) is 6.19 Å². The van der Waals surface area contributed by atoms with Crippen LogP contribution in [0.2, 0.25) is 0 Å². The van der Waals surface area contributed by atoms with Gasteiger partial charge in [-0.3, -0.25) is 0 Å². The number of nitrogens with zero attached hydrogens (tertiary/aromatic N) is 3. The molecule has 0 heterocycles. The summed E-state index contributed by atoms with van der Waals surface area (Å²) >= 11 is -1.84. The van der Waals surface area contributed by atoms with Gasteiger partial charge >= 0.3 is 11.1 Å². The molecule has 7 heteroatoms. The van der Waals surface area contributed by atoms with Crippen molar-refractivity contribution in [3.8, 4) is 6.19 Å². The van der Waals surface area contributed by atoms with Crippen molar-refractivity contribution in [1.82, 2.24) is 0 Å². The summed E-state index contributed by atoms with van der Waals surface area (Å²) in [5.74, 6) is 0. The molecule has 0 aromatic heterocycles. The molecule has 0 radical (unpaired) electrons. The Kier molecular flexibility index (Phi) is 2.68. The van der Waals surface area contributed by atoms with Crippen molar-refractivity contribution in [2.24, 2.45) is 9.50 Å². The number of nitro groups is 1. The first-order valence-electron chi connectivity index (χ1n) is 1.41. The predicted octanol–water partition coefficient (Wildman–Crippen LogP) is -0.665. The topological polar surface area (TPSA) is 105 Å². The molecule has 0 aliphatic heterocycles. The highest BCUT2D eigenvalue weighted by Crippen LogP contribution is 1.74. The third-order valence-corrected chi connectivity index (χ3v) is 0.861. The third kappa shape index (κ3) is 2.22. The largest absolute Gasteiger partial charge is 0.320 e. The van der Waals surface area contributed by atoms with Gasteiger partial charge in [0.1, 0.15) is 4.33 Å². The molecule has 0 saturated carbocycles. The highest BCUT2D eigenvalue weighted by Gasteiger charge is 1.98. The molecule has 0 fully saturated rings. The maximum Gasteiger partial charge on any atom is 0.320 e. The van der Waals surface area contributed by atoms with Crippen LogP contribution in [0.3, 0.4) is 0 Å². The summed E-state index contributed by atoms with van der Waals surface area (Å²) < 4.78 is 1.91. The monoisotopic (exact) mass is 134 g/mol. The average Bonchev–Trinajstić information content (AvgIpc) is 1.67. The van der Waals surface area contributed by atoms with Gasteiger partial charge in [0.15, 0.2) is 0 Å². The lowest BCUT2D eigenvalue weighted by atomic mass is 11.5. The minimum Gasteiger partial charge on any atom is -0.249 e. The fourth-order valence-electron chi connectivity index (χ4n) is 0.0752. The molecule has 6 nitrogen and oxygen atoms in total. The fourth-order valence-corrected chi connectivity index (χ4v) is 0.225. The van der Waals surface area contributed by atoms with Crippen LogP contribution in [0, 0.1) is 21.6 Å². The van der Waals surface area contributed by atoms with Gasteiger partial charge in [-0.05, 0) is 0 Å². The lowest BCUT2D eigenvalue weighted by molar-refractivity contribution is -0.291. The van der Waals surface area contributed by atoms with E-state index in [1.54, 1.807) is 0 Å². The number of rotatable bonds is 1. The minimum atomic E-state index is -1.84. The average molecular weight is 134 g/mol. The van der Waals surface area contributed by atoms with E-state index in [-0.39, 0.29) is 0 Å². The molecule has 0 rings (SSSR count). The van der Waals surface area contributed by atoms with E-state index in [1.807, 2.05) is 0 Å². The van der Waals surface area contributed by atoms with E-state index in [9.17, 15) is 10.1 Å². The number of hydrogen-bond acceptors (Lipinski definition) is 4. The van der Waals surface area contributed by atoms with Crippen LogP contribution in [0.1, 0.15) is 0 Å². The zero-order chi connectivity index (χ0) is 6.57. The first-order valence-corrected chi connectivity index (χ1v) is 2.61. The second kappa shape index (κ2) is 3.06. The molecule has 0 aromatic rings. The summed E-state index contributed by atoms with van der Waals surface area (Å²) in [6.45, 7) is 0. The molecule has 8 heavy (non-hydrogen) atoms. The second-order valence-electron chi connectivity index (χ2n) is 0.707. The molecular weight excluding hydrogens is 132 g/mol. The van der Waals surface area contributed by atoms with Gasteiger partial charge in [-0.2, -0.15) is 5.26 Å². The summed E-state index contributed by atoms with van der Waals surface area (Å²) in [5.41, 5.74) is 0. The zero-order valence-corrected chi connectivity index (χ0v) is 4.46. The Balaban J connectivity index is 4.06. The smallest absolute Gasteiger partial charge is 0.249 e. The van der Waals surface area contributed by atoms with Crippen molar-refractivity contribution in [1.29, 1.82) is 5.26 Å². The van der Waals surface area contributed by atoms with E-state index in [2.05, 4.69) is 9.50 Å². The maximum absolute atomic E-state index is 9.54. The van der Waals surface area contributed by atoms with Crippen LogP contribution in [-0.2, 0) is 11.1 Å². The van der Waals surface area contributed by atoms with Crippen LogP contribution in [0.15, 0.2) is 4.36 Å². The first-order chi connectivity index (χ1) is 3.68. The molecule has 0 aliphatic rings. The molecule has 0 bridgehead atoms. The van der Waals surface area contributed by atoms with Crippen LogP contribution in [0.5, 0.6) is 0 Å². The van der Waals surface area contributed by atoms with Gasteiger partial charge in [-0.25, -0.2) is 15.3 Å². The first kappa shape index (κ1) is 7.00. The molecule has 0 saturated heterocycles. The van der Waals surface area contributed by atoms with Gasteiger partial charge in [0, 0.05) is 0 Å². The summed E-state index contributed by atoms with van der Waals surface area (Å²) in [7, 11) is 0. The lowest BCUT2D eigenvalue weighted by Gasteiger charge is -1.79. The fraction of sp³-hybridized carbons (Fsp3) is 0. The number of hydrogen-bond donors (Lipinski definition) is 1. The van der Waals surface area contributed by atoms with Gasteiger partial charge in [-0.1, -0.05) is 4.36 Å². The van der Waals surface area contributed by atoms with E-state index in [0.717, 1.165) is 0 Å². The quantitative estimate of drug-likeness (QED) is 0.291. The van der Waals surface area contributed by atoms with E-state index in [4.69, 9.17) is 5.26 Å². The second-order valence-corrected chi connectivity index (χ2v) is 1.77. The zero-order valence-electron chi connectivity index (χ0n) is 3.64. The van der Waals surface area contributed by atoms with Crippen molar-refractivity contribution in [3.63, 3.8) is 0 Å². The Labute approximate surface area is 47.4 Å². The molecule has 0 amide bonds. The van der Waals surface area contributed by atoms with Crippen molar-refractivity contribution in [2.45, 2.75) is 0 Å². The molecule has 0 aliphatic carbocycles. The summed E-state index contributed by atoms with van der Waals surface area (Å²) in [6.07, 6.45) is 1.22. The normalized spacial score (nSPS) is 12.5. The highest BCUT2D eigenvalue weighted by atomic mass is 32.2. The van der Waals surface area contributed by atoms with Crippen molar-refractivity contribution < 1.29 is 4.33 Å². The molecule has 1 unspecified atom stereocenters. The minimum absolute atomic E-state index is 0.830. The van der Waals surface area contributed by atoms with E-state index in [0.29, 0.717) is 0 Å². The van der Waals surface area contributed by atoms with Crippen LogP contribution in [-0.4, -0.2) is 4.33 Å². The summed E-state index contributed by atoms with van der Waals surface area (Å²) in [4.78, 5) is 9.54. The molecule has 0 aromatic carbocycles. The van der Waals surface area contributed by atoms with E-state index < -0.39 is 15.4 Å². The van der Waals surface area contributed by atoms with Gasteiger partial charge in [0.25, 0.3) is 0 Å². The number of nitriles is 1. The SMILES string of the molecule is N#CN=S(N)[N+](=O)[O-]. The van der Waals surface area contributed by atoms with Crippen LogP contribution < -0.4 is 5.14 Å². The standard InChI is InChI=1S/CH2N4O2S/c2-1-4-8(3)5(6)7/h(H2,3,4). The molecule has 1 atom stereocenters. The van der Waals surface area contributed by atoms with Crippen LogP contribution in [0.25, 0.3) is 0 Å². The van der Waals surface area contributed by atoms with Crippen molar-refractivity contribution in [2.75, 3.05) is 0 Å². The van der Waals surface area contributed by atoms with Gasteiger partial charge < -0.3 is 0 Å². The molecule has 2 N–H and O–H groups in total. The van der Waals surface area contributed by atoms with E-state index >= 15 is 0 Å². The van der Waals surface area contributed by atoms with Crippen molar-refractivity contribution in [3.05, 3.63) is 10.1 Å².